The van der Waals surface area contributed by atoms with Crippen LogP contribution in [0.1, 0.15) is 40.5 Å². The van der Waals surface area contributed by atoms with Crippen LogP contribution in [0.3, 0.4) is 0 Å². The first kappa shape index (κ1) is 13.8. The van der Waals surface area contributed by atoms with Gasteiger partial charge in [0.05, 0.1) is 6.54 Å². The zero-order valence-corrected chi connectivity index (χ0v) is 9.33. The van der Waals surface area contributed by atoms with E-state index in [1.165, 1.54) is 0 Å². The Morgan fingerprint density at radius 3 is 1.93 bits per heavy atom. The molecule has 0 fully saturated rings. The maximum atomic E-state index is 11.9. The fourth-order valence-electron chi connectivity index (χ4n) is 1.36. The minimum atomic E-state index is -4.11. The van der Waals surface area contributed by atoms with Gasteiger partial charge in [0, 0.05) is 6.04 Å². The van der Waals surface area contributed by atoms with E-state index < -0.39 is 12.7 Å². The number of alkyl halides is 3. The molecule has 0 rings (SSSR count). The molecular formula is C10H20F3N. The lowest BCUT2D eigenvalue weighted by Crippen LogP contribution is -2.38. The molecule has 0 amide bonds. The summed E-state index contributed by atoms with van der Waals surface area (Å²) in [7, 11) is 0. The lowest BCUT2D eigenvalue weighted by atomic mass is 9.87. The lowest BCUT2D eigenvalue weighted by molar-refractivity contribution is -0.126. The minimum Gasteiger partial charge on any atom is -0.306 e. The van der Waals surface area contributed by atoms with Crippen molar-refractivity contribution in [2.45, 2.75) is 52.8 Å². The van der Waals surface area contributed by atoms with E-state index >= 15 is 0 Å². The minimum absolute atomic E-state index is 0.0448. The second-order valence-corrected chi connectivity index (χ2v) is 4.87. The standard InChI is InChI=1S/C10H20F3N/c1-5-8(6-9(2,3)4)14-7-10(11,12)13/h8,14H,5-7H2,1-4H3. The average molecular weight is 211 g/mol. The summed E-state index contributed by atoms with van der Waals surface area (Å²) in [6, 6.07) is -0.0448. The molecule has 0 heterocycles. The first-order chi connectivity index (χ1) is 6.14. The van der Waals surface area contributed by atoms with Crippen LogP contribution < -0.4 is 5.32 Å². The molecule has 0 aromatic carbocycles. The summed E-state index contributed by atoms with van der Waals surface area (Å²) in [5.41, 5.74) is 0.0687. The summed E-state index contributed by atoms with van der Waals surface area (Å²) in [5, 5.41) is 2.54. The molecule has 1 N–H and O–H groups in total. The summed E-state index contributed by atoms with van der Waals surface area (Å²) < 4.78 is 35.8. The van der Waals surface area contributed by atoms with E-state index in [0.29, 0.717) is 0 Å². The van der Waals surface area contributed by atoms with Gasteiger partial charge in [-0.25, -0.2) is 0 Å². The third kappa shape index (κ3) is 8.35. The van der Waals surface area contributed by atoms with Crippen molar-refractivity contribution < 1.29 is 13.2 Å². The van der Waals surface area contributed by atoms with E-state index in [1.54, 1.807) is 0 Å². The normalized spacial score (nSPS) is 15.6. The Labute approximate surface area is 84.1 Å². The van der Waals surface area contributed by atoms with Gasteiger partial charge >= 0.3 is 6.18 Å². The molecule has 4 heteroatoms. The van der Waals surface area contributed by atoms with Crippen molar-refractivity contribution in [3.63, 3.8) is 0 Å². The number of rotatable bonds is 4. The van der Waals surface area contributed by atoms with Crippen molar-refractivity contribution in [3.05, 3.63) is 0 Å². The summed E-state index contributed by atoms with van der Waals surface area (Å²) >= 11 is 0. The highest BCUT2D eigenvalue weighted by atomic mass is 19.4. The number of hydrogen-bond donors (Lipinski definition) is 1. The molecule has 0 aliphatic heterocycles. The zero-order chi connectivity index (χ0) is 11.4. The molecule has 0 aromatic heterocycles. The van der Waals surface area contributed by atoms with Gasteiger partial charge in [0.1, 0.15) is 0 Å². The van der Waals surface area contributed by atoms with Gasteiger partial charge in [0.2, 0.25) is 0 Å². The van der Waals surface area contributed by atoms with Crippen LogP contribution in [0.25, 0.3) is 0 Å². The number of halogens is 3. The van der Waals surface area contributed by atoms with E-state index in [0.717, 1.165) is 12.8 Å². The largest absolute Gasteiger partial charge is 0.401 e. The zero-order valence-electron chi connectivity index (χ0n) is 9.33. The monoisotopic (exact) mass is 211 g/mol. The summed E-state index contributed by atoms with van der Waals surface area (Å²) in [5.74, 6) is 0. The average Bonchev–Trinajstić information content (AvgIpc) is 1.94. The van der Waals surface area contributed by atoms with Crippen molar-refractivity contribution in [1.82, 2.24) is 5.32 Å². The quantitative estimate of drug-likeness (QED) is 0.752. The third-order valence-corrected chi connectivity index (χ3v) is 1.94. The Morgan fingerprint density at radius 2 is 1.64 bits per heavy atom. The van der Waals surface area contributed by atoms with Crippen molar-refractivity contribution in [1.29, 1.82) is 0 Å². The van der Waals surface area contributed by atoms with Crippen molar-refractivity contribution in [3.8, 4) is 0 Å². The predicted molar refractivity (Wildman–Crippen MR) is 52.2 cm³/mol. The molecule has 0 radical (unpaired) electrons. The molecule has 0 bridgehead atoms. The molecule has 0 aliphatic carbocycles. The molecule has 1 unspecified atom stereocenters. The van der Waals surface area contributed by atoms with Crippen molar-refractivity contribution >= 4 is 0 Å². The van der Waals surface area contributed by atoms with Gasteiger partial charge in [0.25, 0.3) is 0 Å². The second kappa shape index (κ2) is 5.01. The van der Waals surface area contributed by atoms with E-state index in [9.17, 15) is 13.2 Å². The van der Waals surface area contributed by atoms with Crippen LogP contribution in [-0.2, 0) is 0 Å². The Balaban J connectivity index is 3.93. The first-order valence-corrected chi connectivity index (χ1v) is 4.94. The van der Waals surface area contributed by atoms with Crippen LogP contribution in [0.5, 0.6) is 0 Å². The van der Waals surface area contributed by atoms with E-state index in [2.05, 4.69) is 5.32 Å². The molecule has 14 heavy (non-hydrogen) atoms. The lowest BCUT2D eigenvalue weighted by Gasteiger charge is -2.26. The molecule has 0 aliphatic rings. The predicted octanol–water partition coefficient (Wildman–Crippen LogP) is 3.35. The van der Waals surface area contributed by atoms with Crippen molar-refractivity contribution in [2.24, 2.45) is 5.41 Å². The van der Waals surface area contributed by atoms with Crippen LogP contribution in [0.2, 0.25) is 0 Å². The van der Waals surface area contributed by atoms with Crippen LogP contribution in [0, 0.1) is 5.41 Å². The highest BCUT2D eigenvalue weighted by molar-refractivity contribution is 4.74. The topological polar surface area (TPSA) is 12.0 Å². The summed E-state index contributed by atoms with van der Waals surface area (Å²) in [4.78, 5) is 0. The number of nitrogens with one attached hydrogen (secondary N) is 1. The molecule has 1 atom stereocenters. The summed E-state index contributed by atoms with van der Waals surface area (Å²) in [6.07, 6.45) is -2.61. The van der Waals surface area contributed by atoms with Gasteiger partial charge in [-0.1, -0.05) is 27.7 Å². The van der Waals surface area contributed by atoms with E-state index in [-0.39, 0.29) is 11.5 Å². The highest BCUT2D eigenvalue weighted by Crippen LogP contribution is 2.22. The van der Waals surface area contributed by atoms with E-state index in [1.807, 2.05) is 27.7 Å². The Hall–Kier alpha value is -0.250. The summed E-state index contributed by atoms with van der Waals surface area (Å²) in [6.45, 7) is 7.11. The maximum absolute atomic E-state index is 11.9. The fraction of sp³-hybridized carbons (Fsp3) is 1.00. The fourth-order valence-corrected chi connectivity index (χ4v) is 1.36. The van der Waals surface area contributed by atoms with Crippen LogP contribution in [-0.4, -0.2) is 18.8 Å². The molecule has 0 saturated carbocycles. The van der Waals surface area contributed by atoms with Gasteiger partial charge in [-0.05, 0) is 18.3 Å². The maximum Gasteiger partial charge on any atom is 0.401 e. The molecule has 0 aromatic rings. The van der Waals surface area contributed by atoms with Gasteiger partial charge in [0.15, 0.2) is 0 Å². The van der Waals surface area contributed by atoms with Crippen LogP contribution >= 0.6 is 0 Å². The second-order valence-electron chi connectivity index (χ2n) is 4.87. The number of hydrogen-bond acceptors (Lipinski definition) is 1. The molecule has 1 nitrogen and oxygen atoms in total. The van der Waals surface area contributed by atoms with Gasteiger partial charge in [-0.3, -0.25) is 0 Å². The van der Waals surface area contributed by atoms with Gasteiger partial charge in [-0.2, -0.15) is 13.2 Å². The smallest absolute Gasteiger partial charge is 0.306 e. The Morgan fingerprint density at radius 1 is 1.14 bits per heavy atom. The molecule has 86 valence electrons. The molecule has 0 saturated heterocycles. The first-order valence-electron chi connectivity index (χ1n) is 4.94. The van der Waals surface area contributed by atoms with Crippen molar-refractivity contribution in [2.75, 3.05) is 6.54 Å². The van der Waals surface area contributed by atoms with Gasteiger partial charge < -0.3 is 5.32 Å². The highest BCUT2D eigenvalue weighted by Gasteiger charge is 2.28. The molecular weight excluding hydrogens is 191 g/mol. The Bertz CT molecular complexity index is 158. The van der Waals surface area contributed by atoms with Crippen LogP contribution in [0.4, 0.5) is 13.2 Å². The van der Waals surface area contributed by atoms with E-state index in [4.69, 9.17) is 0 Å². The molecule has 0 spiro atoms. The van der Waals surface area contributed by atoms with Gasteiger partial charge in [-0.15, -0.1) is 0 Å². The Kier molecular flexibility index (Phi) is 4.92. The van der Waals surface area contributed by atoms with Crippen LogP contribution in [0.15, 0.2) is 0 Å². The SMILES string of the molecule is CCC(CC(C)(C)C)NCC(F)(F)F. The third-order valence-electron chi connectivity index (χ3n) is 1.94.